The number of fused-ring (bicyclic) bond motifs is 5. The summed E-state index contributed by atoms with van der Waals surface area (Å²) in [6.07, 6.45) is 0. The van der Waals surface area contributed by atoms with Gasteiger partial charge in [-0.25, -0.2) is 19.9 Å². The largest absolute Gasteiger partial charge is 0.228 e. The fourth-order valence-corrected chi connectivity index (χ4v) is 7.43. The highest BCUT2D eigenvalue weighted by Gasteiger charge is 2.37. The molecule has 1 aliphatic rings. The van der Waals surface area contributed by atoms with Crippen molar-refractivity contribution in [3.05, 3.63) is 156 Å². The third-order valence-electron chi connectivity index (χ3n) is 10.2. The van der Waals surface area contributed by atoms with Crippen molar-refractivity contribution in [3.8, 4) is 56.2 Å². The van der Waals surface area contributed by atoms with Crippen molar-refractivity contribution in [1.82, 2.24) is 19.9 Å². The average molecular weight is 631 g/mol. The fraction of sp³-hybridized carbons (Fsp3) is 0.111. The van der Waals surface area contributed by atoms with Crippen LogP contribution >= 0.6 is 0 Å². The van der Waals surface area contributed by atoms with Crippen molar-refractivity contribution in [1.29, 1.82) is 0 Å². The molecule has 0 bridgehead atoms. The smallest absolute Gasteiger partial charge is 0.160 e. The normalized spacial score (nSPS) is 13.1. The predicted molar refractivity (Wildman–Crippen MR) is 201 cm³/mol. The second-order valence-electron chi connectivity index (χ2n) is 13.7. The van der Waals surface area contributed by atoms with E-state index in [0.717, 1.165) is 67.1 Å². The summed E-state index contributed by atoms with van der Waals surface area (Å²) in [5, 5.41) is 2.07. The van der Waals surface area contributed by atoms with E-state index in [-0.39, 0.29) is 5.41 Å². The third-order valence-corrected chi connectivity index (χ3v) is 10.2. The van der Waals surface area contributed by atoms with Gasteiger partial charge in [0.2, 0.25) is 0 Å². The number of pyridine rings is 4. The average Bonchev–Trinajstić information content (AvgIpc) is 3.34. The van der Waals surface area contributed by atoms with Gasteiger partial charge in [0.15, 0.2) is 11.3 Å². The van der Waals surface area contributed by atoms with Gasteiger partial charge in [0.05, 0.1) is 22.8 Å². The van der Waals surface area contributed by atoms with E-state index in [0.29, 0.717) is 0 Å². The highest BCUT2D eigenvalue weighted by atomic mass is 14.9. The predicted octanol–water partition coefficient (Wildman–Crippen LogP) is 11.2. The van der Waals surface area contributed by atoms with Crippen LogP contribution in [0.15, 0.2) is 133 Å². The van der Waals surface area contributed by atoms with E-state index in [1.54, 1.807) is 0 Å². The van der Waals surface area contributed by atoms with Crippen LogP contribution in [-0.4, -0.2) is 19.9 Å². The summed E-state index contributed by atoms with van der Waals surface area (Å²) in [6, 6.07) is 46.9. The quantitative estimate of drug-likeness (QED) is 0.194. The lowest BCUT2D eigenvalue weighted by Gasteiger charge is -2.23. The van der Waals surface area contributed by atoms with Crippen molar-refractivity contribution >= 4 is 22.1 Å². The van der Waals surface area contributed by atoms with Crippen LogP contribution in [0, 0.1) is 13.8 Å². The van der Waals surface area contributed by atoms with Gasteiger partial charge in [-0.1, -0.05) is 86.6 Å². The van der Waals surface area contributed by atoms with Crippen LogP contribution in [0.3, 0.4) is 0 Å². The van der Waals surface area contributed by atoms with Gasteiger partial charge in [-0.05, 0) is 108 Å². The van der Waals surface area contributed by atoms with Crippen molar-refractivity contribution in [2.75, 3.05) is 0 Å². The van der Waals surface area contributed by atoms with Gasteiger partial charge in [-0.2, -0.15) is 0 Å². The molecule has 234 valence electrons. The van der Waals surface area contributed by atoms with E-state index in [4.69, 9.17) is 19.9 Å². The first-order valence-corrected chi connectivity index (χ1v) is 16.8. The first-order chi connectivity index (χ1) is 23.8. The highest BCUT2D eigenvalue weighted by Crippen LogP contribution is 2.52. The maximum absolute atomic E-state index is 5.11. The molecule has 4 heterocycles. The van der Waals surface area contributed by atoms with Crippen molar-refractivity contribution < 1.29 is 0 Å². The molecule has 0 aliphatic heterocycles. The molecule has 8 aromatic rings. The number of aryl methyl sites for hydroxylation is 2. The van der Waals surface area contributed by atoms with E-state index in [1.165, 1.54) is 33.4 Å². The molecule has 0 amide bonds. The molecule has 0 unspecified atom stereocenters. The first kappa shape index (κ1) is 29.2. The highest BCUT2D eigenvalue weighted by molar-refractivity contribution is 5.89. The van der Waals surface area contributed by atoms with Crippen LogP contribution in [0.1, 0.15) is 36.1 Å². The molecule has 0 N–H and O–H groups in total. The Bertz CT molecular complexity index is 2410. The number of hydrogen-bond donors (Lipinski definition) is 0. The lowest BCUT2D eigenvalue weighted by molar-refractivity contribution is 0.660. The molecule has 0 fully saturated rings. The minimum Gasteiger partial charge on any atom is -0.228 e. The van der Waals surface area contributed by atoms with Gasteiger partial charge in [0, 0.05) is 38.4 Å². The minimum absolute atomic E-state index is 0.208. The monoisotopic (exact) mass is 630 g/mol. The zero-order valence-electron chi connectivity index (χ0n) is 28.0. The number of hydrogen-bond acceptors (Lipinski definition) is 4. The maximum Gasteiger partial charge on any atom is 0.160 e. The number of nitrogens with zero attached hydrogens (tertiary/aromatic N) is 4. The molecule has 0 radical (unpaired) electrons. The summed E-state index contributed by atoms with van der Waals surface area (Å²) in [7, 11) is 0. The Morgan fingerprint density at radius 2 is 0.755 bits per heavy atom. The van der Waals surface area contributed by atoms with Gasteiger partial charge in [-0.15, -0.1) is 0 Å². The molecule has 0 atom stereocenters. The third kappa shape index (κ3) is 4.83. The van der Waals surface area contributed by atoms with Crippen molar-refractivity contribution in [2.24, 2.45) is 0 Å². The summed E-state index contributed by atoms with van der Waals surface area (Å²) in [5.74, 6) is 0. The minimum atomic E-state index is -0.208. The molecular formula is C45H34N4. The molecule has 4 nitrogen and oxygen atoms in total. The van der Waals surface area contributed by atoms with Gasteiger partial charge >= 0.3 is 0 Å². The van der Waals surface area contributed by atoms with Crippen LogP contribution in [-0.2, 0) is 5.41 Å². The summed E-state index contributed by atoms with van der Waals surface area (Å²) in [5.41, 5.74) is 17.1. The van der Waals surface area contributed by atoms with Gasteiger partial charge in [0.25, 0.3) is 0 Å². The van der Waals surface area contributed by atoms with Crippen molar-refractivity contribution in [2.45, 2.75) is 33.1 Å². The Labute approximate surface area is 286 Å². The van der Waals surface area contributed by atoms with E-state index in [1.807, 2.05) is 36.4 Å². The second-order valence-corrected chi connectivity index (χ2v) is 13.7. The van der Waals surface area contributed by atoms with E-state index < -0.39 is 0 Å². The van der Waals surface area contributed by atoms with E-state index >= 15 is 0 Å². The number of benzene rings is 4. The van der Waals surface area contributed by atoms with Crippen LogP contribution in [0.2, 0.25) is 0 Å². The molecule has 49 heavy (non-hydrogen) atoms. The summed E-state index contributed by atoms with van der Waals surface area (Å²) >= 11 is 0. The van der Waals surface area contributed by atoms with Crippen LogP contribution in [0.4, 0.5) is 0 Å². The van der Waals surface area contributed by atoms with Gasteiger partial charge in [-0.3, -0.25) is 0 Å². The van der Waals surface area contributed by atoms with Crippen molar-refractivity contribution in [3.63, 3.8) is 0 Å². The molecule has 0 spiro atoms. The first-order valence-electron chi connectivity index (χ1n) is 16.8. The van der Waals surface area contributed by atoms with Crippen LogP contribution in [0.25, 0.3) is 78.2 Å². The van der Waals surface area contributed by atoms with E-state index in [2.05, 4.69) is 125 Å². The Balaban J connectivity index is 1.11. The topological polar surface area (TPSA) is 51.6 Å². The zero-order valence-corrected chi connectivity index (χ0v) is 28.0. The molecule has 0 saturated heterocycles. The Hall–Kier alpha value is -6.00. The number of rotatable bonds is 4. The molecule has 4 aromatic carbocycles. The van der Waals surface area contributed by atoms with Crippen LogP contribution in [0.5, 0.6) is 0 Å². The zero-order chi connectivity index (χ0) is 33.3. The summed E-state index contributed by atoms with van der Waals surface area (Å²) in [6.45, 7) is 9.05. The Morgan fingerprint density at radius 3 is 1.16 bits per heavy atom. The lowest BCUT2D eigenvalue weighted by atomic mass is 9.80. The fourth-order valence-electron chi connectivity index (χ4n) is 7.43. The summed E-state index contributed by atoms with van der Waals surface area (Å²) in [4.78, 5) is 20.1. The standard InChI is InChI=1S/C45H34N4/c1-27-23-35-36-24-28(2)34(42-22-18-32-16-20-40(47-44(32)49-42)30-13-9-6-10-14-30)26-38(36)45(3,4)37(35)25-33(27)41-21-17-31-15-19-39(46-43(31)48-41)29-11-7-5-8-12-29/h5-26H,1-4H3. The molecule has 0 saturated carbocycles. The SMILES string of the molecule is Cc1cc2c(cc1-c1ccc3ccc(-c4ccccc4)nc3n1)C(C)(C)c1cc(-c3ccc4ccc(-c5ccccc5)nc4n3)c(C)cc1-2. The molecular weight excluding hydrogens is 597 g/mol. The Morgan fingerprint density at radius 1 is 0.388 bits per heavy atom. The number of aromatic nitrogens is 4. The Kier molecular flexibility index (Phi) is 6.57. The summed E-state index contributed by atoms with van der Waals surface area (Å²) < 4.78 is 0. The lowest BCUT2D eigenvalue weighted by Crippen LogP contribution is -2.15. The van der Waals surface area contributed by atoms with E-state index in [9.17, 15) is 0 Å². The maximum atomic E-state index is 5.11. The van der Waals surface area contributed by atoms with Crippen LogP contribution < -0.4 is 0 Å². The van der Waals surface area contributed by atoms with Gasteiger partial charge in [0.1, 0.15) is 0 Å². The molecule has 9 rings (SSSR count). The molecule has 4 aromatic heterocycles. The molecule has 4 heteroatoms. The second kappa shape index (κ2) is 11.0. The molecule has 1 aliphatic carbocycles. The van der Waals surface area contributed by atoms with Gasteiger partial charge < -0.3 is 0 Å².